The second-order valence-corrected chi connectivity index (χ2v) is 13.3. The summed E-state index contributed by atoms with van der Waals surface area (Å²) in [6.07, 6.45) is -0.201. The quantitative estimate of drug-likeness (QED) is 0.199. The van der Waals surface area contributed by atoms with Crippen LogP contribution in [0.3, 0.4) is 0 Å². The normalized spacial score (nSPS) is 17.8. The van der Waals surface area contributed by atoms with Gasteiger partial charge in [-0.3, -0.25) is 20.3 Å². The number of piperazine rings is 1. The summed E-state index contributed by atoms with van der Waals surface area (Å²) >= 11 is 1.34. The van der Waals surface area contributed by atoms with Crippen molar-refractivity contribution in [1.29, 1.82) is 5.41 Å². The zero-order valence-corrected chi connectivity index (χ0v) is 25.6. The number of ether oxygens (including phenoxy) is 2. The van der Waals surface area contributed by atoms with Gasteiger partial charge < -0.3 is 24.3 Å². The van der Waals surface area contributed by atoms with Crippen LogP contribution in [0, 0.1) is 5.41 Å². The molecule has 1 fully saturated rings. The predicted octanol–water partition coefficient (Wildman–Crippen LogP) is 1.76. The molecule has 4 heterocycles. The molecule has 0 spiro atoms. The number of amides is 2. The number of benzene rings is 1. The zero-order valence-electron chi connectivity index (χ0n) is 24.0. The Balaban J connectivity index is 1.38. The number of esters is 1. The number of thiazole rings is 1. The molecule has 16 heteroatoms. The van der Waals surface area contributed by atoms with E-state index in [1.807, 2.05) is 7.05 Å². The number of hydrogen-bond acceptors (Lipinski definition) is 11. The Kier molecular flexibility index (Phi) is 8.82. The lowest BCUT2D eigenvalue weighted by molar-refractivity contribution is -0.144. The molecule has 0 aliphatic carbocycles. The Labute approximate surface area is 252 Å². The van der Waals surface area contributed by atoms with Crippen molar-refractivity contribution in [3.05, 3.63) is 45.4 Å². The van der Waals surface area contributed by atoms with Gasteiger partial charge in [-0.1, -0.05) is 0 Å². The number of alkyl carbamates (subject to hydrolysis) is 1. The van der Waals surface area contributed by atoms with E-state index in [0.717, 1.165) is 23.5 Å². The average Bonchev–Trinajstić information content (AvgIpc) is 3.61. The number of nitrogens with one attached hydrogen (secondary N) is 3. The van der Waals surface area contributed by atoms with Gasteiger partial charge in [0.05, 0.1) is 31.9 Å². The maximum Gasteiger partial charge on any atom is 0.412 e. The maximum atomic E-state index is 13.8. The summed E-state index contributed by atoms with van der Waals surface area (Å²) in [6, 6.07) is 5.47. The van der Waals surface area contributed by atoms with Gasteiger partial charge in [0.25, 0.3) is 15.9 Å². The smallest absolute Gasteiger partial charge is 0.412 e. The Morgan fingerprint density at radius 3 is 2.74 bits per heavy atom. The summed E-state index contributed by atoms with van der Waals surface area (Å²) in [7, 11) is -0.857. The Morgan fingerprint density at radius 2 is 2.00 bits per heavy atom. The van der Waals surface area contributed by atoms with Crippen LogP contribution in [0.4, 0.5) is 4.79 Å². The molecule has 1 saturated heterocycles. The summed E-state index contributed by atoms with van der Waals surface area (Å²) < 4.78 is 38.5. The van der Waals surface area contributed by atoms with Crippen molar-refractivity contribution in [2.75, 3.05) is 46.9 Å². The van der Waals surface area contributed by atoms with E-state index in [1.54, 1.807) is 25.1 Å². The van der Waals surface area contributed by atoms with Crippen molar-refractivity contribution in [2.45, 2.75) is 37.4 Å². The summed E-state index contributed by atoms with van der Waals surface area (Å²) in [6.45, 7) is 3.42. The molecule has 1 atom stereocenters. The van der Waals surface area contributed by atoms with E-state index in [0.29, 0.717) is 28.0 Å². The number of likely N-dealkylation sites (N-methyl/N-ethyl adjacent to an activating group) is 1. The highest BCUT2D eigenvalue weighted by Gasteiger charge is 2.39. The highest BCUT2D eigenvalue weighted by molar-refractivity contribution is 7.89. The predicted molar refractivity (Wildman–Crippen MR) is 158 cm³/mol. The minimum absolute atomic E-state index is 0.0233. The van der Waals surface area contributed by atoms with Gasteiger partial charge in [-0.25, -0.2) is 18.2 Å². The Hall–Kier alpha value is -3.86. The fourth-order valence-corrected chi connectivity index (χ4v) is 7.83. The first-order valence-corrected chi connectivity index (χ1v) is 16.0. The lowest BCUT2D eigenvalue weighted by Gasteiger charge is -2.39. The lowest BCUT2D eigenvalue weighted by atomic mass is 10.1. The maximum absolute atomic E-state index is 13.8. The largest absolute Gasteiger partial charge is 0.466 e. The fourth-order valence-electron chi connectivity index (χ4n) is 5.20. The molecule has 5 rings (SSSR count). The second-order valence-electron chi connectivity index (χ2n) is 10.3. The third-order valence-electron chi connectivity index (χ3n) is 7.43. The number of aromatic amines is 1. The SMILES string of the molecule is CCOC(=O)CC1CN(S(=O)(=O)c2cc3cc(C(=N)NC(=O)OC)ccc3[nH]2)CCN1C(=O)c1nc2c(s1)CN(C)CC2. The molecular weight excluding hydrogens is 598 g/mol. The number of fused-ring (bicyclic) bond motifs is 2. The highest BCUT2D eigenvalue weighted by atomic mass is 32.2. The molecule has 2 amide bonds. The highest BCUT2D eigenvalue weighted by Crippen LogP contribution is 2.29. The van der Waals surface area contributed by atoms with Crippen LogP contribution < -0.4 is 5.32 Å². The van der Waals surface area contributed by atoms with Gasteiger partial charge in [0.2, 0.25) is 0 Å². The number of H-pyrrole nitrogens is 1. The molecular formula is C27H33N7O7S2. The first kappa shape index (κ1) is 30.6. The van der Waals surface area contributed by atoms with Gasteiger partial charge in [-0.15, -0.1) is 11.3 Å². The molecule has 0 bridgehead atoms. The van der Waals surface area contributed by atoms with E-state index in [4.69, 9.17) is 10.1 Å². The number of sulfonamides is 1. The molecule has 3 aromatic rings. The van der Waals surface area contributed by atoms with Gasteiger partial charge in [0.15, 0.2) is 5.01 Å². The number of carbonyl (C=O) groups is 3. The number of rotatable bonds is 7. The monoisotopic (exact) mass is 631 g/mol. The van der Waals surface area contributed by atoms with E-state index in [9.17, 15) is 22.8 Å². The number of aromatic nitrogens is 2. The molecule has 0 radical (unpaired) electrons. The minimum atomic E-state index is -4.06. The van der Waals surface area contributed by atoms with E-state index < -0.39 is 28.1 Å². The van der Waals surface area contributed by atoms with Crippen molar-refractivity contribution in [3.8, 4) is 0 Å². The van der Waals surface area contributed by atoms with E-state index >= 15 is 0 Å². The Morgan fingerprint density at radius 1 is 1.21 bits per heavy atom. The van der Waals surface area contributed by atoms with Gasteiger partial charge in [-0.05, 0) is 38.2 Å². The van der Waals surface area contributed by atoms with E-state index in [2.05, 4.69) is 24.9 Å². The van der Waals surface area contributed by atoms with E-state index in [-0.39, 0.29) is 49.4 Å². The lowest BCUT2D eigenvalue weighted by Crippen LogP contribution is -2.57. The summed E-state index contributed by atoms with van der Waals surface area (Å²) in [5, 5.41) is 11.1. The van der Waals surface area contributed by atoms with Crippen LogP contribution in [0.1, 0.15) is 39.3 Å². The molecule has 2 aliphatic rings. The molecule has 0 saturated carbocycles. The fraction of sp³-hybridized carbons (Fsp3) is 0.444. The van der Waals surface area contributed by atoms with Gasteiger partial charge in [-0.2, -0.15) is 4.31 Å². The zero-order chi connectivity index (χ0) is 30.9. The molecule has 1 unspecified atom stereocenters. The average molecular weight is 632 g/mol. The number of methoxy groups -OCH3 is 1. The van der Waals surface area contributed by atoms with Crippen molar-refractivity contribution >= 4 is 56.1 Å². The van der Waals surface area contributed by atoms with Crippen LogP contribution in [0.15, 0.2) is 29.3 Å². The van der Waals surface area contributed by atoms with Crippen molar-refractivity contribution in [2.24, 2.45) is 0 Å². The molecule has 2 aromatic heterocycles. The first-order valence-electron chi connectivity index (χ1n) is 13.7. The van der Waals surface area contributed by atoms with E-state index in [1.165, 1.54) is 33.7 Å². The summed E-state index contributed by atoms with van der Waals surface area (Å²) in [4.78, 5) is 49.9. The summed E-state index contributed by atoms with van der Waals surface area (Å²) in [5.74, 6) is -1.05. The van der Waals surface area contributed by atoms with Gasteiger partial charge in [0.1, 0.15) is 10.9 Å². The van der Waals surface area contributed by atoms with Gasteiger partial charge >= 0.3 is 12.1 Å². The number of hydrogen-bond donors (Lipinski definition) is 3. The summed E-state index contributed by atoms with van der Waals surface area (Å²) in [5.41, 5.74) is 1.79. The molecule has 14 nitrogen and oxygen atoms in total. The standard InChI is InChI=1S/C27H33N7O7S2/c1-4-41-23(35)13-18-14-33(9-10-34(18)26(36)25-30-20-7-8-32(2)15-21(20)42-25)43(38,39)22-12-17-11-16(5-6-19(17)29-22)24(28)31-27(37)40-3/h5-6,11-12,18,29H,4,7-10,13-15H2,1-3H3,(H2,28,31,37). The first-order chi connectivity index (χ1) is 20.5. The second kappa shape index (κ2) is 12.4. The molecule has 2 aliphatic heterocycles. The van der Waals surface area contributed by atoms with Crippen molar-refractivity contribution in [1.82, 2.24) is 29.4 Å². The molecule has 230 valence electrons. The third kappa shape index (κ3) is 6.41. The third-order valence-corrected chi connectivity index (χ3v) is 10.3. The topological polar surface area (TPSA) is 178 Å². The van der Waals surface area contributed by atoms with Crippen LogP contribution in [0.5, 0.6) is 0 Å². The Bertz CT molecular complexity index is 1680. The number of amidine groups is 1. The van der Waals surface area contributed by atoms with Crippen molar-refractivity contribution < 1.29 is 32.3 Å². The van der Waals surface area contributed by atoms with Gasteiger partial charge in [0, 0.05) is 60.5 Å². The van der Waals surface area contributed by atoms with Crippen LogP contribution in [-0.4, -0.2) is 109 Å². The molecule has 3 N–H and O–H groups in total. The minimum Gasteiger partial charge on any atom is -0.466 e. The van der Waals surface area contributed by atoms with Crippen LogP contribution >= 0.6 is 11.3 Å². The molecule has 43 heavy (non-hydrogen) atoms. The van der Waals surface area contributed by atoms with Crippen LogP contribution in [-0.2, 0) is 37.3 Å². The molecule has 1 aromatic carbocycles. The number of nitrogens with zero attached hydrogens (tertiary/aromatic N) is 4. The van der Waals surface area contributed by atoms with Crippen LogP contribution in [0.25, 0.3) is 10.9 Å². The van der Waals surface area contributed by atoms with Crippen molar-refractivity contribution in [3.63, 3.8) is 0 Å². The number of carbonyl (C=O) groups excluding carboxylic acids is 3. The van der Waals surface area contributed by atoms with Crippen LogP contribution in [0.2, 0.25) is 0 Å².